The molecule has 1 saturated heterocycles. The summed E-state index contributed by atoms with van der Waals surface area (Å²) in [5.41, 5.74) is 1.37. The van der Waals surface area contributed by atoms with E-state index < -0.39 is 0 Å². The lowest BCUT2D eigenvalue weighted by atomic mass is 10.1. The van der Waals surface area contributed by atoms with Gasteiger partial charge in [0.15, 0.2) is 0 Å². The van der Waals surface area contributed by atoms with Crippen molar-refractivity contribution in [2.45, 2.75) is 39.0 Å². The summed E-state index contributed by atoms with van der Waals surface area (Å²) in [5.74, 6) is 1.01. The van der Waals surface area contributed by atoms with Crippen LogP contribution in [0.2, 0.25) is 0 Å². The zero-order chi connectivity index (χ0) is 15.6. The van der Waals surface area contributed by atoms with E-state index in [4.69, 9.17) is 4.74 Å². The maximum Gasteiger partial charge on any atom is 0.119 e. The van der Waals surface area contributed by atoms with Crippen molar-refractivity contribution in [1.29, 1.82) is 0 Å². The van der Waals surface area contributed by atoms with Gasteiger partial charge in [0.1, 0.15) is 5.75 Å². The molecule has 1 fully saturated rings. The van der Waals surface area contributed by atoms with Crippen molar-refractivity contribution in [3.63, 3.8) is 0 Å². The highest BCUT2D eigenvalue weighted by atomic mass is 16.5. The number of unbranched alkanes of at least 4 members (excludes halogenated alkanes) is 3. The fourth-order valence-corrected chi connectivity index (χ4v) is 2.87. The van der Waals surface area contributed by atoms with Crippen molar-refractivity contribution < 1.29 is 4.74 Å². The third-order valence-corrected chi connectivity index (χ3v) is 4.56. The third-order valence-electron chi connectivity index (χ3n) is 4.56. The van der Waals surface area contributed by atoms with Crippen molar-refractivity contribution in [3.05, 3.63) is 29.8 Å². The predicted molar refractivity (Wildman–Crippen MR) is 93.7 cm³/mol. The van der Waals surface area contributed by atoms with Gasteiger partial charge in [-0.25, -0.2) is 0 Å². The van der Waals surface area contributed by atoms with Crippen molar-refractivity contribution in [1.82, 2.24) is 9.80 Å². The van der Waals surface area contributed by atoms with Crippen molar-refractivity contribution in [2.24, 2.45) is 0 Å². The highest BCUT2D eigenvalue weighted by molar-refractivity contribution is 5.27. The molecule has 0 radical (unpaired) electrons. The third kappa shape index (κ3) is 6.37. The lowest BCUT2D eigenvalue weighted by Crippen LogP contribution is -2.44. The molecule has 0 atom stereocenters. The number of piperazine rings is 1. The van der Waals surface area contributed by atoms with Crippen molar-refractivity contribution >= 4 is 0 Å². The van der Waals surface area contributed by atoms with E-state index in [9.17, 15) is 0 Å². The highest BCUT2D eigenvalue weighted by Gasteiger charge is 2.12. The van der Waals surface area contributed by atoms with Gasteiger partial charge in [-0.05, 0) is 50.6 Å². The molecule has 0 amide bonds. The SMILES string of the molecule is CCc1ccc(OCCCCCCN2CCN(C)CC2)cc1. The number of hydrogen-bond acceptors (Lipinski definition) is 3. The molecule has 2 rings (SSSR count). The van der Waals surface area contributed by atoms with E-state index in [1.807, 2.05) is 0 Å². The van der Waals surface area contributed by atoms with Crippen LogP contribution in [-0.4, -0.2) is 56.2 Å². The Morgan fingerprint density at radius 1 is 0.909 bits per heavy atom. The van der Waals surface area contributed by atoms with Crippen molar-refractivity contribution in [3.8, 4) is 5.75 Å². The van der Waals surface area contributed by atoms with E-state index >= 15 is 0 Å². The first-order valence-electron chi connectivity index (χ1n) is 8.90. The Balaban J connectivity index is 1.45. The molecule has 3 heteroatoms. The normalized spacial score (nSPS) is 16.8. The average Bonchev–Trinajstić information content (AvgIpc) is 2.56. The van der Waals surface area contributed by atoms with E-state index in [0.29, 0.717) is 0 Å². The second-order valence-electron chi connectivity index (χ2n) is 6.41. The van der Waals surface area contributed by atoms with Crippen LogP contribution in [0.15, 0.2) is 24.3 Å². The number of benzene rings is 1. The fourth-order valence-electron chi connectivity index (χ4n) is 2.87. The van der Waals surface area contributed by atoms with Gasteiger partial charge in [0.25, 0.3) is 0 Å². The van der Waals surface area contributed by atoms with Gasteiger partial charge >= 0.3 is 0 Å². The summed E-state index contributed by atoms with van der Waals surface area (Å²) < 4.78 is 5.80. The predicted octanol–water partition coefficient (Wildman–Crippen LogP) is 3.44. The maximum atomic E-state index is 5.80. The number of likely N-dealkylation sites (N-methyl/N-ethyl adjacent to an activating group) is 1. The molecule has 22 heavy (non-hydrogen) atoms. The molecule has 1 aliphatic rings. The zero-order valence-corrected chi connectivity index (χ0v) is 14.4. The second-order valence-corrected chi connectivity index (χ2v) is 6.41. The molecule has 0 aliphatic carbocycles. The van der Waals surface area contributed by atoms with E-state index in [1.165, 1.54) is 57.5 Å². The quantitative estimate of drug-likeness (QED) is 0.650. The van der Waals surface area contributed by atoms with Crippen molar-refractivity contribution in [2.75, 3.05) is 46.4 Å². The summed E-state index contributed by atoms with van der Waals surface area (Å²) in [4.78, 5) is 5.02. The molecule has 0 aromatic heterocycles. The Kier molecular flexibility index (Phi) is 7.75. The second kappa shape index (κ2) is 9.86. The molecular weight excluding hydrogens is 272 g/mol. The molecule has 3 nitrogen and oxygen atoms in total. The first-order chi connectivity index (χ1) is 10.8. The number of nitrogens with zero attached hydrogens (tertiary/aromatic N) is 2. The summed E-state index contributed by atoms with van der Waals surface area (Å²) in [7, 11) is 2.22. The standard InChI is InChI=1S/C19H32N2O/c1-3-18-8-10-19(11-9-18)22-17-7-5-4-6-12-21-15-13-20(2)14-16-21/h8-11H,3-7,12-17H2,1-2H3. The summed E-state index contributed by atoms with van der Waals surface area (Å²) >= 11 is 0. The molecule has 1 aromatic carbocycles. The lowest BCUT2D eigenvalue weighted by molar-refractivity contribution is 0.151. The largest absolute Gasteiger partial charge is 0.494 e. The summed E-state index contributed by atoms with van der Waals surface area (Å²) in [6.07, 6.45) is 6.19. The van der Waals surface area contributed by atoms with Crippen LogP contribution in [0, 0.1) is 0 Å². The van der Waals surface area contributed by atoms with Crippen LogP contribution in [-0.2, 0) is 6.42 Å². The number of aryl methyl sites for hydroxylation is 1. The molecular formula is C19H32N2O. The molecule has 0 N–H and O–H groups in total. The van der Waals surface area contributed by atoms with Gasteiger partial charge < -0.3 is 14.5 Å². The van der Waals surface area contributed by atoms with E-state index in [2.05, 4.69) is 48.0 Å². The van der Waals surface area contributed by atoms with Crippen LogP contribution in [0.4, 0.5) is 0 Å². The Bertz CT molecular complexity index is 396. The summed E-state index contributed by atoms with van der Waals surface area (Å²) in [5, 5.41) is 0. The summed E-state index contributed by atoms with van der Waals surface area (Å²) in [6, 6.07) is 8.50. The first-order valence-corrected chi connectivity index (χ1v) is 8.90. The Labute approximate surface area is 136 Å². The van der Waals surface area contributed by atoms with Crippen LogP contribution >= 0.6 is 0 Å². The van der Waals surface area contributed by atoms with Gasteiger partial charge in [0.2, 0.25) is 0 Å². The van der Waals surface area contributed by atoms with E-state index in [1.54, 1.807) is 0 Å². The lowest BCUT2D eigenvalue weighted by Gasteiger charge is -2.32. The van der Waals surface area contributed by atoms with E-state index in [-0.39, 0.29) is 0 Å². The van der Waals surface area contributed by atoms with Crippen LogP contribution in [0.1, 0.15) is 38.2 Å². The average molecular weight is 304 g/mol. The Morgan fingerprint density at radius 2 is 1.59 bits per heavy atom. The molecule has 0 spiro atoms. The Hall–Kier alpha value is -1.06. The first kappa shape index (κ1) is 17.3. The highest BCUT2D eigenvalue weighted by Crippen LogP contribution is 2.13. The number of rotatable bonds is 9. The smallest absolute Gasteiger partial charge is 0.119 e. The molecule has 1 aliphatic heterocycles. The maximum absolute atomic E-state index is 5.80. The zero-order valence-electron chi connectivity index (χ0n) is 14.4. The molecule has 124 valence electrons. The number of ether oxygens (including phenoxy) is 1. The topological polar surface area (TPSA) is 15.7 Å². The van der Waals surface area contributed by atoms with Gasteiger partial charge in [-0.2, -0.15) is 0 Å². The molecule has 0 unspecified atom stereocenters. The van der Waals surface area contributed by atoms with E-state index in [0.717, 1.165) is 25.2 Å². The molecule has 1 aromatic rings. The minimum Gasteiger partial charge on any atom is -0.494 e. The monoisotopic (exact) mass is 304 g/mol. The summed E-state index contributed by atoms with van der Waals surface area (Å²) in [6.45, 7) is 9.24. The molecule has 0 saturated carbocycles. The van der Waals surface area contributed by atoms with Crippen LogP contribution in [0.3, 0.4) is 0 Å². The van der Waals surface area contributed by atoms with Gasteiger partial charge in [0.05, 0.1) is 6.61 Å². The van der Waals surface area contributed by atoms with Gasteiger partial charge in [-0.3, -0.25) is 0 Å². The van der Waals surface area contributed by atoms with Crippen LogP contribution in [0.5, 0.6) is 5.75 Å². The van der Waals surface area contributed by atoms with Gasteiger partial charge in [0, 0.05) is 26.2 Å². The fraction of sp³-hybridized carbons (Fsp3) is 0.684. The molecule has 0 bridgehead atoms. The van der Waals surface area contributed by atoms with Crippen LogP contribution in [0.25, 0.3) is 0 Å². The van der Waals surface area contributed by atoms with Crippen LogP contribution < -0.4 is 4.74 Å². The van der Waals surface area contributed by atoms with Gasteiger partial charge in [-0.15, -0.1) is 0 Å². The number of hydrogen-bond donors (Lipinski definition) is 0. The minimum atomic E-state index is 0.847. The van der Waals surface area contributed by atoms with Gasteiger partial charge in [-0.1, -0.05) is 31.9 Å². The molecule has 1 heterocycles. The minimum absolute atomic E-state index is 0.847. The Morgan fingerprint density at radius 3 is 2.27 bits per heavy atom.